The first-order chi connectivity index (χ1) is 11.7. The van der Waals surface area contributed by atoms with Crippen LogP contribution in [0.15, 0.2) is 4.99 Å². The summed E-state index contributed by atoms with van der Waals surface area (Å²) in [5.41, 5.74) is 1.10. The van der Waals surface area contributed by atoms with Gasteiger partial charge in [-0.1, -0.05) is 0 Å². The van der Waals surface area contributed by atoms with Gasteiger partial charge in [-0.2, -0.15) is 0 Å². The summed E-state index contributed by atoms with van der Waals surface area (Å²) in [4.78, 5) is 10.4. The smallest absolute Gasteiger partial charge is 0.191 e. The highest BCUT2D eigenvalue weighted by atomic mass is 32.1. The molecule has 0 aliphatic carbocycles. The van der Waals surface area contributed by atoms with Crippen molar-refractivity contribution in [3.05, 3.63) is 15.6 Å². The van der Waals surface area contributed by atoms with E-state index in [2.05, 4.69) is 34.5 Å². The monoisotopic (exact) mass is 354 g/mol. The molecule has 1 fully saturated rings. The highest BCUT2D eigenvalue weighted by Gasteiger charge is 2.15. The molecule has 0 aromatic carbocycles. The van der Waals surface area contributed by atoms with E-state index in [1.54, 1.807) is 11.3 Å². The number of hydrogen-bond donors (Lipinski definition) is 2. The molecule has 1 aromatic heterocycles. The zero-order valence-electron chi connectivity index (χ0n) is 15.1. The summed E-state index contributed by atoms with van der Waals surface area (Å²) < 4.78 is 11.1. The van der Waals surface area contributed by atoms with E-state index in [0.29, 0.717) is 12.5 Å². The fourth-order valence-corrected chi connectivity index (χ4v) is 3.30. The maximum absolute atomic E-state index is 5.72. The minimum Gasteiger partial charge on any atom is -0.381 e. The molecule has 0 radical (unpaired) electrons. The number of thiazole rings is 1. The minimum absolute atomic E-state index is 0.585. The van der Waals surface area contributed by atoms with Crippen molar-refractivity contribution >= 4 is 17.3 Å². The molecule has 2 heterocycles. The van der Waals surface area contributed by atoms with Gasteiger partial charge in [-0.05, 0) is 33.6 Å². The first kappa shape index (κ1) is 19.1. The van der Waals surface area contributed by atoms with Crippen LogP contribution < -0.4 is 10.6 Å². The van der Waals surface area contributed by atoms with E-state index >= 15 is 0 Å². The van der Waals surface area contributed by atoms with Crippen molar-refractivity contribution < 1.29 is 9.47 Å². The number of aromatic nitrogens is 1. The van der Waals surface area contributed by atoms with Crippen LogP contribution in [0.1, 0.15) is 35.3 Å². The third-order valence-electron chi connectivity index (χ3n) is 3.92. The summed E-state index contributed by atoms with van der Waals surface area (Å²) in [6.45, 7) is 11.9. The van der Waals surface area contributed by atoms with Crippen LogP contribution in [0.25, 0.3) is 0 Å². The first-order valence-electron chi connectivity index (χ1n) is 8.79. The quantitative estimate of drug-likeness (QED) is 0.404. The maximum Gasteiger partial charge on any atom is 0.191 e. The van der Waals surface area contributed by atoms with Crippen molar-refractivity contribution in [2.45, 2.75) is 40.2 Å². The van der Waals surface area contributed by atoms with E-state index in [1.807, 2.05) is 6.92 Å². The van der Waals surface area contributed by atoms with Gasteiger partial charge in [0.25, 0.3) is 0 Å². The molecule has 1 aromatic rings. The molecule has 0 bridgehead atoms. The third-order valence-corrected chi connectivity index (χ3v) is 4.98. The van der Waals surface area contributed by atoms with Crippen LogP contribution in [0, 0.1) is 19.8 Å². The Morgan fingerprint density at radius 3 is 2.96 bits per heavy atom. The Labute approximate surface area is 149 Å². The lowest BCUT2D eigenvalue weighted by atomic mass is 10.1. The van der Waals surface area contributed by atoms with E-state index < -0.39 is 0 Å². The Kier molecular flexibility index (Phi) is 8.49. The number of nitrogens with zero attached hydrogens (tertiary/aromatic N) is 2. The maximum atomic E-state index is 5.72. The molecule has 2 N–H and O–H groups in total. The Morgan fingerprint density at radius 1 is 1.42 bits per heavy atom. The Bertz CT molecular complexity index is 493. The Hall–Kier alpha value is -1.18. The van der Waals surface area contributed by atoms with E-state index in [4.69, 9.17) is 9.47 Å². The molecule has 1 saturated heterocycles. The average molecular weight is 355 g/mol. The van der Waals surface area contributed by atoms with Crippen molar-refractivity contribution in [2.24, 2.45) is 10.9 Å². The lowest BCUT2D eigenvalue weighted by Gasteiger charge is -2.12. The van der Waals surface area contributed by atoms with Crippen LogP contribution in [0.3, 0.4) is 0 Å². The molecule has 2 rings (SSSR count). The molecule has 136 valence electrons. The van der Waals surface area contributed by atoms with Gasteiger partial charge >= 0.3 is 0 Å². The van der Waals surface area contributed by atoms with Gasteiger partial charge in [0, 0.05) is 37.1 Å². The number of aryl methyl sites for hydroxylation is 2. The zero-order valence-corrected chi connectivity index (χ0v) is 15.9. The third kappa shape index (κ3) is 6.75. The summed E-state index contributed by atoms with van der Waals surface area (Å²) in [6.07, 6.45) is 2.10. The average Bonchev–Trinajstić information content (AvgIpc) is 3.18. The predicted molar refractivity (Wildman–Crippen MR) is 98.8 cm³/mol. The lowest BCUT2D eigenvalue weighted by Crippen LogP contribution is -2.38. The van der Waals surface area contributed by atoms with Crippen molar-refractivity contribution in [3.63, 3.8) is 0 Å². The fraction of sp³-hybridized carbons (Fsp3) is 0.765. The SMILES string of the molecule is CCNC(=NCc1nc(C)c(C)s1)NCCCOCC1CCOC1. The molecule has 1 unspecified atom stereocenters. The summed E-state index contributed by atoms with van der Waals surface area (Å²) in [5, 5.41) is 7.68. The minimum atomic E-state index is 0.585. The van der Waals surface area contributed by atoms with Crippen LogP contribution in [0.2, 0.25) is 0 Å². The Morgan fingerprint density at radius 2 is 2.29 bits per heavy atom. The first-order valence-corrected chi connectivity index (χ1v) is 9.61. The van der Waals surface area contributed by atoms with Gasteiger partial charge in [0.2, 0.25) is 0 Å². The van der Waals surface area contributed by atoms with Crippen LogP contribution in [0.4, 0.5) is 0 Å². The summed E-state index contributed by atoms with van der Waals surface area (Å²) in [6, 6.07) is 0. The zero-order chi connectivity index (χ0) is 17.2. The van der Waals surface area contributed by atoms with Crippen molar-refractivity contribution in [1.29, 1.82) is 0 Å². The topological polar surface area (TPSA) is 67.8 Å². The molecule has 0 spiro atoms. The molecular weight excluding hydrogens is 324 g/mol. The molecular formula is C17H30N4O2S. The van der Waals surface area contributed by atoms with Crippen LogP contribution in [0.5, 0.6) is 0 Å². The van der Waals surface area contributed by atoms with Gasteiger partial charge in [-0.25, -0.2) is 9.98 Å². The summed E-state index contributed by atoms with van der Waals surface area (Å²) in [7, 11) is 0. The molecule has 7 heteroatoms. The van der Waals surface area contributed by atoms with Gasteiger partial charge in [-0.15, -0.1) is 11.3 Å². The van der Waals surface area contributed by atoms with Gasteiger partial charge in [0.05, 0.1) is 25.5 Å². The fourth-order valence-electron chi connectivity index (χ4n) is 2.44. The second kappa shape index (κ2) is 10.6. The van der Waals surface area contributed by atoms with Crippen LogP contribution in [-0.4, -0.2) is 50.5 Å². The summed E-state index contributed by atoms with van der Waals surface area (Å²) >= 11 is 1.72. The largest absolute Gasteiger partial charge is 0.381 e. The molecule has 0 saturated carbocycles. The van der Waals surface area contributed by atoms with Crippen molar-refractivity contribution in [2.75, 3.05) is 39.5 Å². The van der Waals surface area contributed by atoms with Crippen LogP contribution >= 0.6 is 11.3 Å². The number of hydrogen-bond acceptors (Lipinski definition) is 5. The molecule has 24 heavy (non-hydrogen) atoms. The van der Waals surface area contributed by atoms with Gasteiger partial charge in [0.15, 0.2) is 5.96 Å². The van der Waals surface area contributed by atoms with E-state index in [1.165, 1.54) is 4.88 Å². The van der Waals surface area contributed by atoms with E-state index in [-0.39, 0.29) is 0 Å². The predicted octanol–water partition coefficient (Wildman–Crippen LogP) is 2.26. The molecule has 1 aliphatic heterocycles. The van der Waals surface area contributed by atoms with Gasteiger partial charge in [-0.3, -0.25) is 0 Å². The normalized spacial score (nSPS) is 18.1. The molecule has 6 nitrogen and oxygen atoms in total. The van der Waals surface area contributed by atoms with E-state index in [0.717, 1.165) is 69.0 Å². The number of guanidine groups is 1. The Balaban J connectivity index is 1.63. The van der Waals surface area contributed by atoms with Crippen molar-refractivity contribution in [1.82, 2.24) is 15.6 Å². The van der Waals surface area contributed by atoms with E-state index in [9.17, 15) is 0 Å². The van der Waals surface area contributed by atoms with Crippen molar-refractivity contribution in [3.8, 4) is 0 Å². The number of ether oxygens (including phenoxy) is 2. The second-order valence-corrected chi connectivity index (χ2v) is 7.32. The standard InChI is InChI=1S/C17H30N4O2S/c1-4-18-17(20-10-16-21-13(2)14(3)24-16)19-7-5-8-22-11-15-6-9-23-12-15/h15H,4-12H2,1-3H3,(H2,18,19,20). The number of rotatable bonds is 9. The van der Waals surface area contributed by atoms with Gasteiger partial charge < -0.3 is 20.1 Å². The van der Waals surface area contributed by atoms with Gasteiger partial charge in [0.1, 0.15) is 5.01 Å². The van der Waals surface area contributed by atoms with Crippen LogP contribution in [-0.2, 0) is 16.0 Å². The summed E-state index contributed by atoms with van der Waals surface area (Å²) in [5.74, 6) is 1.43. The molecule has 1 aliphatic rings. The molecule has 1 atom stereocenters. The number of nitrogens with one attached hydrogen (secondary N) is 2. The lowest BCUT2D eigenvalue weighted by molar-refractivity contribution is 0.0888. The number of aliphatic imine (C=N–C) groups is 1. The second-order valence-electron chi connectivity index (χ2n) is 6.03. The highest BCUT2D eigenvalue weighted by Crippen LogP contribution is 2.16. The highest BCUT2D eigenvalue weighted by molar-refractivity contribution is 7.11. The molecule has 0 amide bonds.